The smallest absolute Gasteiger partial charge is 0.150 e. The minimum atomic E-state index is -0.667. The minimum Gasteiger partial charge on any atom is -0.396 e. The molecule has 2 rings (SSSR count). The van der Waals surface area contributed by atoms with Crippen molar-refractivity contribution in [2.45, 2.75) is 13.3 Å². The van der Waals surface area contributed by atoms with Gasteiger partial charge in [-0.3, -0.25) is 9.59 Å². The number of aldehydes is 2. The Kier molecular flexibility index (Phi) is 8.70. The summed E-state index contributed by atoms with van der Waals surface area (Å²) < 4.78 is 0. The summed E-state index contributed by atoms with van der Waals surface area (Å²) in [5.41, 5.74) is 2.24. The summed E-state index contributed by atoms with van der Waals surface area (Å²) in [4.78, 5) is 21.5. The van der Waals surface area contributed by atoms with Crippen LogP contribution < -0.4 is 0 Å². The van der Waals surface area contributed by atoms with Gasteiger partial charge in [0.2, 0.25) is 0 Å². The molecule has 5 nitrogen and oxygen atoms in total. The van der Waals surface area contributed by atoms with Gasteiger partial charge < -0.3 is 15.3 Å². The molecule has 2 aromatic rings. The second kappa shape index (κ2) is 10.5. The number of aliphatic hydroxyl groups excluding tert-OH is 3. The third-order valence-electron chi connectivity index (χ3n) is 4.11. The zero-order chi connectivity index (χ0) is 18.7. The maximum absolute atomic E-state index is 10.7. The highest BCUT2D eigenvalue weighted by atomic mass is 16.3. The first-order chi connectivity index (χ1) is 12.1. The van der Waals surface area contributed by atoms with E-state index in [9.17, 15) is 9.59 Å². The van der Waals surface area contributed by atoms with Gasteiger partial charge in [-0.1, -0.05) is 37.3 Å². The number of aliphatic hydroxyl groups is 3. The van der Waals surface area contributed by atoms with E-state index in [1.807, 2.05) is 37.3 Å². The summed E-state index contributed by atoms with van der Waals surface area (Å²) in [5, 5.41) is 26.0. The molecular weight excluding hydrogens is 320 g/mol. The highest BCUT2D eigenvalue weighted by molar-refractivity contribution is 5.86. The van der Waals surface area contributed by atoms with Crippen LogP contribution in [0.1, 0.15) is 34.1 Å². The first-order valence-electron chi connectivity index (χ1n) is 8.01. The van der Waals surface area contributed by atoms with Crippen LogP contribution in [0.3, 0.4) is 0 Å². The normalized spacial score (nSPS) is 10.6. The molecule has 0 atom stereocenters. The molecule has 0 unspecified atom stereocenters. The van der Waals surface area contributed by atoms with Gasteiger partial charge in [-0.05, 0) is 35.7 Å². The largest absolute Gasteiger partial charge is 0.396 e. The molecule has 0 fully saturated rings. The highest BCUT2D eigenvalue weighted by Gasteiger charge is 2.24. The molecule has 0 aliphatic carbocycles. The summed E-state index contributed by atoms with van der Waals surface area (Å²) in [5.74, 6) is 0. The Bertz CT molecular complexity index is 619. The molecule has 0 saturated carbocycles. The van der Waals surface area contributed by atoms with E-state index in [2.05, 4.69) is 0 Å². The van der Waals surface area contributed by atoms with Crippen LogP contribution in [-0.2, 0) is 0 Å². The van der Waals surface area contributed by atoms with E-state index in [1.54, 1.807) is 18.2 Å². The Hall–Kier alpha value is -2.34. The monoisotopic (exact) mass is 344 g/mol. The van der Waals surface area contributed by atoms with Gasteiger partial charge in [0.25, 0.3) is 0 Å². The third kappa shape index (κ3) is 5.90. The molecular formula is C20H24O5. The quantitative estimate of drug-likeness (QED) is 0.670. The first kappa shape index (κ1) is 20.7. The third-order valence-corrected chi connectivity index (χ3v) is 4.11. The van der Waals surface area contributed by atoms with E-state index < -0.39 is 5.41 Å². The molecule has 0 aromatic heterocycles. The average Bonchev–Trinajstić information content (AvgIpc) is 2.71. The number of carbonyl (C=O) groups is 2. The van der Waals surface area contributed by atoms with Gasteiger partial charge in [-0.15, -0.1) is 0 Å². The summed E-state index contributed by atoms with van der Waals surface area (Å²) >= 11 is 0. The van der Waals surface area contributed by atoms with E-state index in [4.69, 9.17) is 15.3 Å². The van der Waals surface area contributed by atoms with Crippen LogP contribution in [0.15, 0.2) is 48.5 Å². The second-order valence-corrected chi connectivity index (χ2v) is 5.82. The summed E-state index contributed by atoms with van der Waals surface area (Å²) in [7, 11) is 0. The number of benzene rings is 2. The van der Waals surface area contributed by atoms with Gasteiger partial charge in [0.05, 0.1) is 19.8 Å². The van der Waals surface area contributed by atoms with Crippen LogP contribution in [0, 0.1) is 5.41 Å². The van der Waals surface area contributed by atoms with Gasteiger partial charge in [-0.2, -0.15) is 0 Å². The molecule has 5 heteroatoms. The Balaban J connectivity index is 0.000000299. The zero-order valence-electron chi connectivity index (χ0n) is 14.3. The number of carbonyl (C=O) groups excluding carboxylic acids is 2. The van der Waals surface area contributed by atoms with E-state index in [0.29, 0.717) is 17.5 Å². The first-order valence-corrected chi connectivity index (χ1v) is 8.01. The van der Waals surface area contributed by atoms with Crippen molar-refractivity contribution < 1.29 is 24.9 Å². The molecule has 2 aromatic carbocycles. The second-order valence-electron chi connectivity index (χ2n) is 5.82. The summed E-state index contributed by atoms with van der Waals surface area (Å²) in [6, 6.07) is 14.8. The van der Waals surface area contributed by atoms with Crippen LogP contribution in [0.2, 0.25) is 0 Å². The molecule has 0 saturated heterocycles. The molecule has 134 valence electrons. The molecule has 0 aliphatic heterocycles. The topological polar surface area (TPSA) is 94.8 Å². The predicted octanol–water partition coefficient (Wildman–Crippen LogP) is 2.34. The van der Waals surface area contributed by atoms with Crippen molar-refractivity contribution in [3.8, 4) is 11.1 Å². The van der Waals surface area contributed by atoms with Crippen LogP contribution in [0.5, 0.6) is 0 Å². The van der Waals surface area contributed by atoms with Gasteiger partial charge >= 0.3 is 0 Å². The fourth-order valence-electron chi connectivity index (χ4n) is 2.10. The van der Waals surface area contributed by atoms with E-state index >= 15 is 0 Å². The SMILES string of the molecule is CCC(CO)(CO)CO.O=Cc1cc(C=O)cc(-c2ccccc2)c1. The fourth-order valence-corrected chi connectivity index (χ4v) is 2.10. The maximum Gasteiger partial charge on any atom is 0.150 e. The lowest BCUT2D eigenvalue weighted by atomic mass is 9.88. The Labute approximate surface area is 147 Å². The molecule has 0 heterocycles. The maximum atomic E-state index is 10.7. The van der Waals surface area contributed by atoms with E-state index in [0.717, 1.165) is 23.7 Å². The Morgan fingerprint density at radius 3 is 1.60 bits per heavy atom. The van der Waals surface area contributed by atoms with Crippen LogP contribution in [-0.4, -0.2) is 47.7 Å². The molecule has 0 amide bonds. The van der Waals surface area contributed by atoms with Gasteiger partial charge in [0.15, 0.2) is 0 Å². The zero-order valence-corrected chi connectivity index (χ0v) is 14.3. The van der Waals surface area contributed by atoms with Crippen molar-refractivity contribution in [2.75, 3.05) is 19.8 Å². The van der Waals surface area contributed by atoms with Crippen LogP contribution in [0.25, 0.3) is 11.1 Å². The Morgan fingerprint density at radius 2 is 1.28 bits per heavy atom. The van der Waals surface area contributed by atoms with Crippen LogP contribution >= 0.6 is 0 Å². The molecule has 0 aliphatic rings. The lowest BCUT2D eigenvalue weighted by molar-refractivity contribution is 0.00304. The fraction of sp³-hybridized carbons (Fsp3) is 0.300. The van der Waals surface area contributed by atoms with Crippen molar-refractivity contribution in [3.05, 3.63) is 59.7 Å². The number of rotatable bonds is 7. The average molecular weight is 344 g/mol. The molecule has 25 heavy (non-hydrogen) atoms. The number of hydrogen-bond acceptors (Lipinski definition) is 5. The summed E-state index contributed by atoms with van der Waals surface area (Å²) in [6.07, 6.45) is 2.09. The Morgan fingerprint density at radius 1 is 0.800 bits per heavy atom. The van der Waals surface area contributed by atoms with Crippen molar-refractivity contribution in [1.29, 1.82) is 0 Å². The number of hydrogen-bond donors (Lipinski definition) is 3. The molecule has 3 N–H and O–H groups in total. The van der Waals surface area contributed by atoms with Gasteiger partial charge in [-0.25, -0.2) is 0 Å². The van der Waals surface area contributed by atoms with Gasteiger partial charge in [0.1, 0.15) is 12.6 Å². The lowest BCUT2D eigenvalue weighted by Gasteiger charge is -2.24. The van der Waals surface area contributed by atoms with Crippen LogP contribution in [0.4, 0.5) is 0 Å². The molecule has 0 radical (unpaired) electrons. The highest BCUT2D eigenvalue weighted by Crippen LogP contribution is 2.21. The van der Waals surface area contributed by atoms with E-state index in [-0.39, 0.29) is 19.8 Å². The van der Waals surface area contributed by atoms with Crippen molar-refractivity contribution in [2.24, 2.45) is 5.41 Å². The lowest BCUT2D eigenvalue weighted by Crippen LogP contribution is -2.32. The molecule has 0 spiro atoms. The molecule has 0 bridgehead atoms. The standard InChI is InChI=1S/C14H10O2.C6H14O3/c15-9-11-6-12(10-16)8-14(7-11)13-4-2-1-3-5-13;1-2-6(3-7,4-8)5-9/h1-10H;7-9H,2-5H2,1H3. The summed E-state index contributed by atoms with van der Waals surface area (Å²) in [6.45, 7) is 1.35. The predicted molar refractivity (Wildman–Crippen MR) is 96.6 cm³/mol. The minimum absolute atomic E-state index is 0.156. The van der Waals surface area contributed by atoms with Crippen molar-refractivity contribution in [3.63, 3.8) is 0 Å². The van der Waals surface area contributed by atoms with Gasteiger partial charge in [0, 0.05) is 16.5 Å². The van der Waals surface area contributed by atoms with Crippen molar-refractivity contribution in [1.82, 2.24) is 0 Å². The van der Waals surface area contributed by atoms with E-state index in [1.165, 1.54) is 0 Å². The van der Waals surface area contributed by atoms with Crippen molar-refractivity contribution >= 4 is 12.6 Å².